The summed E-state index contributed by atoms with van der Waals surface area (Å²) in [5.41, 5.74) is 8.83. The first-order chi connectivity index (χ1) is 17.1. The van der Waals surface area contributed by atoms with Crippen LogP contribution in [-0.4, -0.2) is 32.5 Å². The van der Waals surface area contributed by atoms with Gasteiger partial charge in [-0.05, 0) is 53.4 Å². The Morgan fingerprint density at radius 3 is 2.42 bits per heavy atom. The lowest BCUT2D eigenvalue weighted by Crippen LogP contribution is -2.19. The van der Waals surface area contributed by atoms with Crippen molar-refractivity contribution in [1.29, 1.82) is 0 Å². The van der Waals surface area contributed by atoms with Crippen molar-refractivity contribution in [2.24, 2.45) is 0 Å². The molecule has 4 rings (SSSR count). The average Bonchev–Trinajstić information content (AvgIpc) is 3.14. The number of anilines is 3. The van der Waals surface area contributed by atoms with Crippen LogP contribution in [-0.2, 0) is 12.7 Å². The van der Waals surface area contributed by atoms with Crippen LogP contribution in [0.5, 0.6) is 0 Å². The molecule has 0 aliphatic heterocycles. The number of rotatable bonds is 6. The summed E-state index contributed by atoms with van der Waals surface area (Å²) in [5.74, 6) is 0.422. The lowest BCUT2D eigenvalue weighted by atomic mass is 9.99. The van der Waals surface area contributed by atoms with Crippen LogP contribution >= 0.6 is 0 Å². The lowest BCUT2D eigenvalue weighted by molar-refractivity contribution is -0.137. The second kappa shape index (κ2) is 9.86. The Kier molecular flexibility index (Phi) is 6.84. The van der Waals surface area contributed by atoms with E-state index in [0.717, 1.165) is 29.0 Å². The van der Waals surface area contributed by atoms with Gasteiger partial charge in [0.15, 0.2) is 11.5 Å². The van der Waals surface area contributed by atoms with Crippen molar-refractivity contribution in [1.82, 2.24) is 14.8 Å². The Morgan fingerprint density at radius 2 is 1.78 bits per heavy atom. The fraction of sp³-hybridized carbons (Fsp3) is 0.240. The van der Waals surface area contributed by atoms with E-state index in [-0.39, 0.29) is 24.8 Å². The van der Waals surface area contributed by atoms with E-state index in [1.807, 2.05) is 19.9 Å². The van der Waals surface area contributed by atoms with Crippen LogP contribution in [0.4, 0.5) is 35.2 Å². The van der Waals surface area contributed by atoms with Gasteiger partial charge in [-0.1, -0.05) is 32.0 Å². The number of amides is 2. The Bertz CT molecular complexity index is 1400. The summed E-state index contributed by atoms with van der Waals surface area (Å²) < 4.78 is 40.3. The Morgan fingerprint density at radius 1 is 1.08 bits per heavy atom. The van der Waals surface area contributed by atoms with Gasteiger partial charge in [-0.2, -0.15) is 18.3 Å². The molecule has 2 amide bonds. The predicted molar refractivity (Wildman–Crippen MR) is 133 cm³/mol. The number of nitrogen functional groups attached to an aromatic ring is 1. The van der Waals surface area contributed by atoms with E-state index in [2.05, 4.69) is 15.7 Å². The molecule has 188 valence electrons. The zero-order chi connectivity index (χ0) is 26.0. The zero-order valence-corrected chi connectivity index (χ0v) is 19.6. The molecule has 0 unspecified atom stereocenters. The van der Waals surface area contributed by atoms with E-state index in [9.17, 15) is 23.1 Å². The van der Waals surface area contributed by atoms with Crippen molar-refractivity contribution in [3.8, 4) is 11.1 Å². The van der Waals surface area contributed by atoms with Gasteiger partial charge < -0.3 is 21.5 Å². The van der Waals surface area contributed by atoms with E-state index in [4.69, 9.17) is 10.7 Å². The molecule has 0 saturated carbocycles. The largest absolute Gasteiger partial charge is 0.416 e. The summed E-state index contributed by atoms with van der Waals surface area (Å²) >= 11 is 0. The number of nitrogens with one attached hydrogen (secondary N) is 2. The number of carbonyl (C=O) groups excluding carboxylic acids is 1. The Labute approximate surface area is 205 Å². The lowest BCUT2D eigenvalue weighted by Gasteiger charge is -2.12. The summed E-state index contributed by atoms with van der Waals surface area (Å²) in [6, 6.07) is 12.6. The average molecular weight is 499 g/mol. The number of halogens is 3. The molecule has 11 heteroatoms. The van der Waals surface area contributed by atoms with Crippen LogP contribution in [0.1, 0.15) is 31.0 Å². The van der Waals surface area contributed by atoms with E-state index in [1.165, 1.54) is 12.1 Å². The number of nitrogens with zero attached hydrogens (tertiary/aromatic N) is 3. The van der Waals surface area contributed by atoms with Crippen LogP contribution < -0.4 is 16.4 Å². The molecule has 36 heavy (non-hydrogen) atoms. The van der Waals surface area contributed by atoms with Gasteiger partial charge in [-0.25, -0.2) is 14.5 Å². The topological polar surface area (TPSA) is 118 Å². The normalized spacial score (nSPS) is 11.8. The number of aliphatic hydroxyl groups excluding tert-OH is 1. The summed E-state index contributed by atoms with van der Waals surface area (Å²) in [6.07, 6.45) is -4.50. The van der Waals surface area contributed by atoms with Crippen molar-refractivity contribution in [2.45, 2.75) is 32.5 Å². The number of hydrogen-bond acceptors (Lipinski definition) is 5. The van der Waals surface area contributed by atoms with Crippen molar-refractivity contribution in [2.75, 3.05) is 23.0 Å². The molecule has 2 aromatic carbocycles. The molecular weight excluding hydrogens is 473 g/mol. The molecule has 5 N–H and O–H groups in total. The van der Waals surface area contributed by atoms with Crippen molar-refractivity contribution < 1.29 is 23.1 Å². The molecule has 2 aromatic heterocycles. The first-order valence-corrected chi connectivity index (χ1v) is 11.2. The van der Waals surface area contributed by atoms with Gasteiger partial charge >= 0.3 is 12.2 Å². The van der Waals surface area contributed by atoms with Crippen LogP contribution in [0.15, 0.2) is 54.6 Å². The van der Waals surface area contributed by atoms with Crippen molar-refractivity contribution in [3.05, 3.63) is 65.9 Å². The molecule has 0 spiro atoms. The Balaban J connectivity index is 1.58. The number of nitrogens with two attached hydrogens (primary N) is 1. The van der Waals surface area contributed by atoms with E-state index in [0.29, 0.717) is 22.5 Å². The SMILES string of the molecule is CC(C)c1cc(-c2ccc(NC(=O)Nc3cccc(C(F)(F)F)c3)cc2)c2c(N)nn(CCO)c2n1. The van der Waals surface area contributed by atoms with Gasteiger partial charge in [0.05, 0.1) is 24.1 Å². The van der Waals surface area contributed by atoms with Crippen LogP contribution in [0.2, 0.25) is 0 Å². The smallest absolute Gasteiger partial charge is 0.394 e. The summed E-state index contributed by atoms with van der Waals surface area (Å²) in [7, 11) is 0. The maximum Gasteiger partial charge on any atom is 0.416 e. The molecular formula is C25H25F3N6O2. The highest BCUT2D eigenvalue weighted by Gasteiger charge is 2.30. The molecule has 0 bridgehead atoms. The number of hydrogen-bond donors (Lipinski definition) is 4. The standard InChI is InChI=1S/C25H25F3N6O2/c1-14(2)20-13-19(21-22(29)33-34(10-11-35)23(21)32-20)15-6-8-17(9-7-15)30-24(36)31-18-5-3-4-16(12-18)25(26,27)28/h3-9,12-14,35H,10-11H2,1-2H3,(H2,29,33)(H2,30,31,36). The molecule has 0 aliphatic rings. The zero-order valence-electron chi connectivity index (χ0n) is 19.6. The van der Waals surface area contributed by atoms with Crippen molar-refractivity contribution in [3.63, 3.8) is 0 Å². The highest BCUT2D eigenvalue weighted by Crippen LogP contribution is 2.35. The summed E-state index contributed by atoms with van der Waals surface area (Å²) in [4.78, 5) is 17.0. The molecule has 4 aromatic rings. The molecule has 0 radical (unpaired) electrons. The van der Waals surface area contributed by atoms with Crippen LogP contribution in [0.25, 0.3) is 22.2 Å². The number of pyridine rings is 1. The van der Waals surface area contributed by atoms with Crippen LogP contribution in [0.3, 0.4) is 0 Å². The van der Waals surface area contributed by atoms with E-state index in [1.54, 1.807) is 28.9 Å². The molecule has 0 atom stereocenters. The van der Waals surface area contributed by atoms with Gasteiger partial charge in [0.25, 0.3) is 0 Å². The Hall–Kier alpha value is -4.12. The number of aliphatic hydroxyl groups is 1. The number of fused-ring (bicyclic) bond motifs is 1. The molecule has 0 aliphatic carbocycles. The predicted octanol–water partition coefficient (Wildman–Crippen LogP) is 5.46. The van der Waals surface area contributed by atoms with E-state index < -0.39 is 17.8 Å². The third kappa shape index (κ3) is 5.25. The van der Waals surface area contributed by atoms with Crippen LogP contribution in [0, 0.1) is 0 Å². The number of aromatic nitrogens is 3. The second-order valence-electron chi connectivity index (χ2n) is 8.52. The monoisotopic (exact) mass is 498 g/mol. The van der Waals surface area contributed by atoms with E-state index >= 15 is 0 Å². The molecule has 0 saturated heterocycles. The summed E-state index contributed by atoms with van der Waals surface area (Å²) in [6.45, 7) is 4.18. The number of benzene rings is 2. The molecule has 0 fully saturated rings. The quantitative estimate of drug-likeness (QED) is 0.282. The van der Waals surface area contributed by atoms with Crippen molar-refractivity contribution >= 4 is 34.3 Å². The van der Waals surface area contributed by atoms with Gasteiger partial charge in [0.1, 0.15) is 0 Å². The minimum absolute atomic E-state index is 0.0229. The maximum atomic E-state index is 12.9. The number of alkyl halides is 3. The minimum Gasteiger partial charge on any atom is -0.394 e. The van der Waals surface area contributed by atoms with Gasteiger partial charge in [0.2, 0.25) is 0 Å². The van der Waals surface area contributed by atoms with Gasteiger partial charge in [0, 0.05) is 17.1 Å². The van der Waals surface area contributed by atoms with Gasteiger partial charge in [-0.15, -0.1) is 0 Å². The minimum atomic E-state index is -4.50. The highest BCUT2D eigenvalue weighted by molar-refractivity contribution is 6.02. The fourth-order valence-electron chi connectivity index (χ4n) is 3.79. The number of carbonyl (C=O) groups is 1. The first-order valence-electron chi connectivity index (χ1n) is 11.2. The first kappa shape index (κ1) is 25.0. The second-order valence-corrected chi connectivity index (χ2v) is 8.52. The molecule has 8 nitrogen and oxygen atoms in total. The third-order valence-corrected chi connectivity index (χ3v) is 5.55. The summed E-state index contributed by atoms with van der Waals surface area (Å²) in [5, 5.41) is 19.4. The third-order valence-electron chi connectivity index (χ3n) is 5.55. The fourth-order valence-corrected chi connectivity index (χ4v) is 3.79. The highest BCUT2D eigenvalue weighted by atomic mass is 19.4. The van der Waals surface area contributed by atoms with Gasteiger partial charge in [-0.3, -0.25) is 0 Å². The molecule has 2 heterocycles. The maximum absolute atomic E-state index is 12.9. The number of urea groups is 1.